The monoisotopic (exact) mass is 397 g/mol. The summed E-state index contributed by atoms with van der Waals surface area (Å²) in [5.74, 6) is 1.55. The van der Waals surface area contributed by atoms with Crippen LogP contribution in [0.1, 0.15) is 51.2 Å². The van der Waals surface area contributed by atoms with Gasteiger partial charge in [0.2, 0.25) is 0 Å². The van der Waals surface area contributed by atoms with Crippen LogP contribution in [0.5, 0.6) is 0 Å². The van der Waals surface area contributed by atoms with Gasteiger partial charge in [0.1, 0.15) is 6.17 Å². The van der Waals surface area contributed by atoms with E-state index in [0.717, 1.165) is 18.7 Å². The van der Waals surface area contributed by atoms with Crippen molar-refractivity contribution in [2.45, 2.75) is 58.5 Å². The van der Waals surface area contributed by atoms with Crippen molar-refractivity contribution in [3.8, 4) is 0 Å². The van der Waals surface area contributed by atoms with Crippen molar-refractivity contribution < 1.29 is 0 Å². The Labute approximate surface area is 180 Å². The summed E-state index contributed by atoms with van der Waals surface area (Å²) in [5.41, 5.74) is 6.80. The predicted molar refractivity (Wildman–Crippen MR) is 126 cm³/mol. The SMILES string of the molecule is CCC1(CC)CC(C)C2N(c3ccccc3C)c3cccnc3N2c2ccccc21. The summed E-state index contributed by atoms with van der Waals surface area (Å²) in [5, 5.41) is 0. The Morgan fingerprint density at radius 1 is 0.867 bits per heavy atom. The molecule has 5 rings (SSSR count). The van der Waals surface area contributed by atoms with Crippen LogP contribution in [0.3, 0.4) is 0 Å². The van der Waals surface area contributed by atoms with E-state index in [0.29, 0.717) is 5.92 Å². The molecule has 1 aromatic heterocycles. The van der Waals surface area contributed by atoms with Gasteiger partial charge in [0, 0.05) is 17.6 Å². The molecule has 2 unspecified atom stereocenters. The summed E-state index contributed by atoms with van der Waals surface area (Å²) in [6.45, 7) is 9.36. The van der Waals surface area contributed by atoms with Crippen LogP contribution in [0.4, 0.5) is 22.9 Å². The molecule has 2 aromatic carbocycles. The van der Waals surface area contributed by atoms with Crippen molar-refractivity contribution in [2.75, 3.05) is 9.80 Å². The number of fused-ring (bicyclic) bond motifs is 5. The molecule has 2 aliphatic rings. The van der Waals surface area contributed by atoms with Crippen molar-refractivity contribution in [2.24, 2.45) is 5.92 Å². The highest BCUT2D eigenvalue weighted by Gasteiger charge is 2.48. The van der Waals surface area contributed by atoms with Gasteiger partial charge in [0.15, 0.2) is 5.82 Å². The zero-order valence-corrected chi connectivity index (χ0v) is 18.5. The van der Waals surface area contributed by atoms with E-state index in [1.54, 1.807) is 0 Å². The van der Waals surface area contributed by atoms with E-state index < -0.39 is 0 Å². The second-order valence-corrected chi connectivity index (χ2v) is 8.97. The lowest BCUT2D eigenvalue weighted by atomic mass is 9.70. The largest absolute Gasteiger partial charge is 0.316 e. The first kappa shape index (κ1) is 19.2. The van der Waals surface area contributed by atoms with E-state index in [-0.39, 0.29) is 11.6 Å². The van der Waals surface area contributed by atoms with Crippen molar-refractivity contribution in [1.82, 2.24) is 4.98 Å². The van der Waals surface area contributed by atoms with E-state index in [1.807, 2.05) is 6.20 Å². The summed E-state index contributed by atoms with van der Waals surface area (Å²) < 4.78 is 0. The van der Waals surface area contributed by atoms with Gasteiger partial charge in [-0.2, -0.15) is 0 Å². The fraction of sp³-hybridized carbons (Fsp3) is 0.370. The summed E-state index contributed by atoms with van der Waals surface area (Å²) in [6, 6.07) is 22.1. The normalized spacial score (nSPS) is 21.6. The highest BCUT2D eigenvalue weighted by Crippen LogP contribution is 2.56. The molecule has 3 heterocycles. The smallest absolute Gasteiger partial charge is 0.158 e. The highest BCUT2D eigenvalue weighted by atomic mass is 15.5. The molecule has 3 nitrogen and oxygen atoms in total. The Balaban J connectivity index is 1.80. The lowest BCUT2D eigenvalue weighted by Gasteiger charge is -2.37. The lowest BCUT2D eigenvalue weighted by Crippen LogP contribution is -2.43. The number of benzene rings is 2. The molecule has 0 radical (unpaired) electrons. The fourth-order valence-corrected chi connectivity index (χ4v) is 5.90. The Morgan fingerprint density at radius 2 is 1.53 bits per heavy atom. The standard InChI is InChI=1S/C27H31N3/c1-5-27(6-2)18-20(4)26-29(22-14-9-7-12-19(22)3)24-16-11-17-28-25(24)30(26)23-15-10-8-13-21(23)27/h7-17,20,26H,5-6,18H2,1-4H3. The maximum absolute atomic E-state index is 4.91. The lowest BCUT2D eigenvalue weighted by molar-refractivity contribution is 0.293. The second kappa shape index (κ2) is 7.16. The van der Waals surface area contributed by atoms with Gasteiger partial charge in [-0.25, -0.2) is 4.98 Å². The van der Waals surface area contributed by atoms with Gasteiger partial charge in [-0.15, -0.1) is 0 Å². The van der Waals surface area contributed by atoms with Gasteiger partial charge < -0.3 is 9.80 Å². The van der Waals surface area contributed by atoms with Crippen LogP contribution >= 0.6 is 0 Å². The maximum Gasteiger partial charge on any atom is 0.158 e. The number of nitrogens with zero attached hydrogens (tertiary/aromatic N) is 3. The third kappa shape index (κ3) is 2.61. The number of aromatic nitrogens is 1. The molecule has 0 saturated heterocycles. The molecule has 0 amide bonds. The zero-order valence-electron chi connectivity index (χ0n) is 18.5. The summed E-state index contributed by atoms with van der Waals surface area (Å²) >= 11 is 0. The van der Waals surface area contributed by atoms with Crippen LogP contribution in [0.25, 0.3) is 0 Å². The average Bonchev–Trinajstić information content (AvgIpc) is 3.07. The number of hydrogen-bond acceptors (Lipinski definition) is 3. The van der Waals surface area contributed by atoms with Crippen LogP contribution in [0.2, 0.25) is 0 Å². The van der Waals surface area contributed by atoms with Gasteiger partial charge in [-0.05, 0) is 72.9 Å². The van der Waals surface area contributed by atoms with Crippen LogP contribution in [-0.2, 0) is 5.41 Å². The Bertz CT molecular complexity index is 1070. The van der Waals surface area contributed by atoms with Gasteiger partial charge in [0.25, 0.3) is 0 Å². The van der Waals surface area contributed by atoms with Crippen LogP contribution in [-0.4, -0.2) is 11.1 Å². The molecular weight excluding hydrogens is 366 g/mol. The summed E-state index contributed by atoms with van der Waals surface area (Å²) in [7, 11) is 0. The number of hydrogen-bond donors (Lipinski definition) is 0. The number of para-hydroxylation sites is 2. The third-order valence-corrected chi connectivity index (χ3v) is 7.47. The van der Waals surface area contributed by atoms with Crippen molar-refractivity contribution in [3.05, 3.63) is 78.0 Å². The van der Waals surface area contributed by atoms with Crippen LogP contribution in [0, 0.1) is 12.8 Å². The number of pyridine rings is 1. The quantitative estimate of drug-likeness (QED) is 0.470. The van der Waals surface area contributed by atoms with Gasteiger partial charge in [0.05, 0.1) is 5.69 Å². The van der Waals surface area contributed by atoms with E-state index >= 15 is 0 Å². The molecule has 2 aliphatic heterocycles. The van der Waals surface area contributed by atoms with Gasteiger partial charge in [-0.3, -0.25) is 0 Å². The van der Waals surface area contributed by atoms with Crippen LogP contribution < -0.4 is 9.80 Å². The maximum atomic E-state index is 4.91. The first-order valence-electron chi connectivity index (χ1n) is 11.3. The van der Waals surface area contributed by atoms with E-state index in [2.05, 4.69) is 98.2 Å². The molecule has 30 heavy (non-hydrogen) atoms. The first-order valence-corrected chi connectivity index (χ1v) is 11.3. The molecule has 0 fully saturated rings. The van der Waals surface area contributed by atoms with E-state index in [9.17, 15) is 0 Å². The number of anilines is 4. The third-order valence-electron chi connectivity index (χ3n) is 7.47. The van der Waals surface area contributed by atoms with Gasteiger partial charge >= 0.3 is 0 Å². The molecule has 154 valence electrons. The molecule has 2 atom stereocenters. The summed E-state index contributed by atoms with van der Waals surface area (Å²) in [6.07, 6.45) is 5.64. The van der Waals surface area contributed by atoms with Crippen molar-refractivity contribution >= 4 is 22.9 Å². The van der Waals surface area contributed by atoms with E-state index in [1.165, 1.54) is 34.6 Å². The molecule has 0 spiro atoms. The topological polar surface area (TPSA) is 19.4 Å². The van der Waals surface area contributed by atoms with Crippen molar-refractivity contribution in [3.63, 3.8) is 0 Å². The molecular formula is C27H31N3. The molecule has 0 aliphatic carbocycles. The number of rotatable bonds is 3. The molecule has 0 N–H and O–H groups in total. The fourth-order valence-electron chi connectivity index (χ4n) is 5.90. The molecule has 0 saturated carbocycles. The molecule has 0 bridgehead atoms. The minimum absolute atomic E-state index is 0.201. The minimum atomic E-state index is 0.201. The zero-order chi connectivity index (χ0) is 20.9. The first-order chi connectivity index (χ1) is 14.6. The predicted octanol–water partition coefficient (Wildman–Crippen LogP) is 7.10. The van der Waals surface area contributed by atoms with Crippen LogP contribution in [0.15, 0.2) is 66.9 Å². The van der Waals surface area contributed by atoms with E-state index in [4.69, 9.17) is 4.98 Å². The Morgan fingerprint density at radius 3 is 2.27 bits per heavy atom. The molecule has 3 heteroatoms. The Hall–Kier alpha value is -2.81. The highest BCUT2D eigenvalue weighted by molar-refractivity contribution is 5.88. The minimum Gasteiger partial charge on any atom is -0.316 e. The summed E-state index contributed by atoms with van der Waals surface area (Å²) in [4.78, 5) is 9.97. The van der Waals surface area contributed by atoms with Gasteiger partial charge in [-0.1, -0.05) is 57.2 Å². The molecule has 3 aromatic rings. The number of aryl methyl sites for hydroxylation is 1. The average molecular weight is 398 g/mol. The second-order valence-electron chi connectivity index (χ2n) is 8.97. The Kier molecular flexibility index (Phi) is 4.57. The van der Waals surface area contributed by atoms with Crippen molar-refractivity contribution in [1.29, 1.82) is 0 Å².